The van der Waals surface area contributed by atoms with Gasteiger partial charge >= 0.3 is 23.9 Å². The molecule has 0 bridgehead atoms. The molecule has 0 saturated carbocycles. The third-order valence-corrected chi connectivity index (χ3v) is 5.15. The number of unbranched alkanes of at least 4 members (excludes halogenated alkanes) is 4. The van der Waals surface area contributed by atoms with Crippen molar-refractivity contribution < 1.29 is 49.5 Å². The number of nitrogens with two attached hydrogens (primary N) is 8. The molecule has 0 aromatic carbocycles. The van der Waals surface area contributed by atoms with Crippen LogP contribution in [0.4, 0.5) is 0 Å². The summed E-state index contributed by atoms with van der Waals surface area (Å²) in [5, 5.41) is 40.7. The van der Waals surface area contributed by atoms with E-state index in [9.17, 15) is 19.2 Å². The predicted octanol–water partition coefficient (Wildman–Crippen LogP) is -1.80. The van der Waals surface area contributed by atoms with Gasteiger partial charge in [0.05, 0.1) is 0 Å². The lowest BCUT2D eigenvalue weighted by atomic mass is 10.1. The van der Waals surface area contributed by atoms with E-state index >= 15 is 0 Å². The van der Waals surface area contributed by atoms with Crippen molar-refractivity contribution in [2.24, 2.45) is 45.9 Å². The number of carboxylic acid groups (broad SMARTS) is 5. The molecule has 0 aliphatic heterocycles. The van der Waals surface area contributed by atoms with Gasteiger partial charge < -0.3 is 71.4 Å². The van der Waals surface area contributed by atoms with Crippen molar-refractivity contribution in [1.82, 2.24) is 0 Å². The molecule has 0 fully saturated rings. The molecule has 264 valence electrons. The van der Waals surface area contributed by atoms with Gasteiger partial charge in [-0.25, -0.2) is 0 Å². The summed E-state index contributed by atoms with van der Waals surface area (Å²) >= 11 is 0. The highest BCUT2D eigenvalue weighted by Gasteiger charge is 2.11. The SMILES string of the molecule is CC(=O)O.NCCCC[C@H](N)C(=O)O.NCCCC[C@H](N)C(=O)O.NCCCC[C@H](N)C(=O)O.NCCCC[C@H](N)C(=O)O. The minimum atomic E-state index is -0.933. The lowest BCUT2D eigenvalue weighted by molar-refractivity contribution is -0.139. The molecule has 0 spiro atoms. The molecule has 18 nitrogen and oxygen atoms in total. The Morgan fingerprint density at radius 2 is 0.545 bits per heavy atom. The van der Waals surface area contributed by atoms with Crippen LogP contribution < -0.4 is 45.9 Å². The second-order valence-corrected chi connectivity index (χ2v) is 9.44. The van der Waals surface area contributed by atoms with Gasteiger partial charge in [-0.2, -0.15) is 0 Å². The number of hydrogen-bond acceptors (Lipinski definition) is 13. The van der Waals surface area contributed by atoms with Crippen LogP contribution in [0.3, 0.4) is 0 Å². The van der Waals surface area contributed by atoms with Crippen molar-refractivity contribution in [2.45, 2.75) is 108 Å². The fourth-order valence-electron chi connectivity index (χ4n) is 2.53. The first-order chi connectivity index (χ1) is 20.5. The molecule has 0 aliphatic carbocycles. The van der Waals surface area contributed by atoms with E-state index in [-0.39, 0.29) is 0 Å². The van der Waals surface area contributed by atoms with Gasteiger partial charge in [0.25, 0.3) is 5.97 Å². The van der Waals surface area contributed by atoms with E-state index < -0.39 is 54.0 Å². The highest BCUT2D eigenvalue weighted by molar-refractivity contribution is 5.74. The minimum absolute atomic E-state index is 0.520. The normalized spacial score (nSPS) is 12.4. The smallest absolute Gasteiger partial charge is 0.320 e. The van der Waals surface area contributed by atoms with Gasteiger partial charge in [-0.1, -0.05) is 25.7 Å². The molecule has 44 heavy (non-hydrogen) atoms. The van der Waals surface area contributed by atoms with E-state index in [2.05, 4.69) is 0 Å². The molecule has 0 aliphatic rings. The van der Waals surface area contributed by atoms with Crippen LogP contribution in [0.5, 0.6) is 0 Å². The Morgan fingerprint density at radius 1 is 0.409 bits per heavy atom. The Balaban J connectivity index is -0.000000147. The second-order valence-electron chi connectivity index (χ2n) is 9.44. The van der Waals surface area contributed by atoms with Gasteiger partial charge in [-0.3, -0.25) is 24.0 Å². The van der Waals surface area contributed by atoms with Crippen LogP contribution in [-0.2, 0) is 24.0 Å². The number of aliphatic carboxylic acids is 5. The fraction of sp³-hybridized carbons (Fsp3) is 0.808. The molecular formula is C26H60N8O10. The van der Waals surface area contributed by atoms with Crippen LogP contribution in [0.2, 0.25) is 0 Å². The molecule has 0 heterocycles. The average molecular weight is 645 g/mol. The summed E-state index contributed by atoms with van der Waals surface area (Å²) in [4.78, 5) is 49.5. The van der Waals surface area contributed by atoms with Crippen molar-refractivity contribution in [1.29, 1.82) is 0 Å². The lowest BCUT2D eigenvalue weighted by Gasteiger charge is -2.03. The number of rotatable bonds is 20. The highest BCUT2D eigenvalue weighted by Crippen LogP contribution is 1.99. The zero-order valence-electron chi connectivity index (χ0n) is 26.0. The zero-order valence-corrected chi connectivity index (χ0v) is 26.0. The van der Waals surface area contributed by atoms with Crippen LogP contribution in [0.25, 0.3) is 0 Å². The molecule has 4 atom stereocenters. The summed E-state index contributed by atoms with van der Waals surface area (Å²) in [6.45, 7) is 3.50. The van der Waals surface area contributed by atoms with Gasteiger partial charge in [0, 0.05) is 6.92 Å². The molecule has 0 saturated heterocycles. The monoisotopic (exact) mass is 644 g/mol. The molecule has 21 N–H and O–H groups in total. The van der Waals surface area contributed by atoms with Gasteiger partial charge in [0.15, 0.2) is 0 Å². The quantitative estimate of drug-likeness (QED) is 0.0649. The summed E-state index contributed by atoms with van der Waals surface area (Å²) in [5.41, 5.74) is 41.7. The molecule has 18 heteroatoms. The Labute approximate surface area is 259 Å². The first-order valence-electron chi connectivity index (χ1n) is 14.4. The largest absolute Gasteiger partial charge is 0.481 e. The minimum Gasteiger partial charge on any atom is -0.481 e. The molecule has 0 aromatic heterocycles. The first-order valence-corrected chi connectivity index (χ1v) is 14.4. The molecule has 0 aromatic rings. The second kappa shape index (κ2) is 38.1. The maximum absolute atomic E-state index is 10.1. The number of hydrogen-bond donors (Lipinski definition) is 13. The Morgan fingerprint density at radius 3 is 0.636 bits per heavy atom. The Kier molecular flexibility index (Phi) is 43.8. The van der Waals surface area contributed by atoms with Crippen LogP contribution >= 0.6 is 0 Å². The summed E-state index contributed by atoms with van der Waals surface area (Å²) < 4.78 is 0. The van der Waals surface area contributed by atoms with Gasteiger partial charge in [0.2, 0.25) is 0 Å². The van der Waals surface area contributed by atoms with Gasteiger partial charge in [-0.15, -0.1) is 0 Å². The van der Waals surface area contributed by atoms with E-state index in [0.29, 0.717) is 51.9 Å². The van der Waals surface area contributed by atoms with Crippen LogP contribution in [0, 0.1) is 0 Å². The standard InChI is InChI=1S/4C6H14N2O2.C2H4O2/c4*7-4-2-1-3-5(8)6(9)10;1-2(3)4/h4*5H,1-4,7-8H2,(H,9,10);1H3,(H,3,4)/t4*5-;/m0000./s1. The zero-order chi connectivity index (χ0) is 35.5. The molecular weight excluding hydrogens is 584 g/mol. The highest BCUT2D eigenvalue weighted by atomic mass is 16.4. The summed E-state index contributed by atoms with van der Waals surface area (Å²) in [5.74, 6) is -4.57. The molecule has 0 unspecified atom stereocenters. The van der Waals surface area contributed by atoms with Gasteiger partial charge in [-0.05, 0) is 77.5 Å². The maximum atomic E-state index is 10.1. The van der Waals surface area contributed by atoms with Crippen molar-refractivity contribution in [3.05, 3.63) is 0 Å². The predicted molar refractivity (Wildman–Crippen MR) is 167 cm³/mol. The van der Waals surface area contributed by atoms with E-state index in [4.69, 9.17) is 76.2 Å². The van der Waals surface area contributed by atoms with Crippen molar-refractivity contribution in [2.75, 3.05) is 26.2 Å². The van der Waals surface area contributed by atoms with E-state index in [1.807, 2.05) is 0 Å². The van der Waals surface area contributed by atoms with Crippen LogP contribution in [-0.4, -0.2) is 106 Å². The van der Waals surface area contributed by atoms with Crippen LogP contribution in [0.1, 0.15) is 84.0 Å². The van der Waals surface area contributed by atoms with E-state index in [1.54, 1.807) is 0 Å². The summed E-state index contributed by atoms with van der Waals surface area (Å²) in [6.07, 6.45) is 8.66. The van der Waals surface area contributed by atoms with Gasteiger partial charge in [0.1, 0.15) is 24.2 Å². The number of carbonyl (C=O) groups is 5. The Bertz CT molecular complexity index is 612. The molecule has 0 amide bonds. The van der Waals surface area contributed by atoms with Crippen molar-refractivity contribution in [3.63, 3.8) is 0 Å². The van der Waals surface area contributed by atoms with Crippen LogP contribution in [0.15, 0.2) is 0 Å². The average Bonchev–Trinajstić information content (AvgIpc) is 2.93. The Hall–Kier alpha value is -2.97. The summed E-state index contributed by atoms with van der Waals surface area (Å²) in [7, 11) is 0. The lowest BCUT2D eigenvalue weighted by Crippen LogP contribution is -2.29. The maximum Gasteiger partial charge on any atom is 0.320 e. The first kappa shape index (κ1) is 50.6. The van der Waals surface area contributed by atoms with E-state index in [0.717, 1.165) is 58.3 Å². The molecule has 0 rings (SSSR count). The third kappa shape index (κ3) is 51.7. The van der Waals surface area contributed by atoms with Crippen molar-refractivity contribution in [3.8, 4) is 0 Å². The van der Waals surface area contributed by atoms with E-state index in [1.165, 1.54) is 0 Å². The molecule has 0 radical (unpaired) electrons. The topological polar surface area (TPSA) is 395 Å². The van der Waals surface area contributed by atoms with Crippen molar-refractivity contribution >= 4 is 29.8 Å². The number of carboxylic acids is 5. The fourth-order valence-corrected chi connectivity index (χ4v) is 2.53. The summed E-state index contributed by atoms with van der Waals surface area (Å²) in [6, 6.07) is -2.86. The third-order valence-electron chi connectivity index (χ3n) is 5.15.